The van der Waals surface area contributed by atoms with Gasteiger partial charge in [-0.1, -0.05) is 27.2 Å². The highest BCUT2D eigenvalue weighted by molar-refractivity contribution is 5.97. The van der Waals surface area contributed by atoms with Crippen LogP contribution in [-0.4, -0.2) is 35.0 Å². The van der Waals surface area contributed by atoms with Gasteiger partial charge >= 0.3 is 5.97 Å². The van der Waals surface area contributed by atoms with Crippen LogP contribution in [0.1, 0.15) is 65.7 Å². The van der Waals surface area contributed by atoms with Gasteiger partial charge in [-0.3, -0.25) is 9.59 Å². The van der Waals surface area contributed by atoms with Crippen molar-refractivity contribution in [1.82, 2.24) is 4.90 Å². The van der Waals surface area contributed by atoms with Crippen molar-refractivity contribution in [3.05, 3.63) is 0 Å². The number of nitrogens with zero attached hydrogens (tertiary/aromatic N) is 1. The van der Waals surface area contributed by atoms with Gasteiger partial charge in [0.25, 0.3) is 0 Å². The fourth-order valence-electron chi connectivity index (χ4n) is 7.78. The lowest BCUT2D eigenvalue weighted by molar-refractivity contribution is -0.180. The maximum absolute atomic E-state index is 12.6. The number of rotatable bonds is 1. The predicted molar refractivity (Wildman–Crippen MR) is 95.9 cm³/mol. The van der Waals surface area contributed by atoms with Crippen molar-refractivity contribution in [1.29, 1.82) is 0 Å². The lowest BCUT2D eigenvalue weighted by atomic mass is 9.45. The van der Waals surface area contributed by atoms with Crippen molar-refractivity contribution in [2.45, 2.75) is 71.8 Å². The van der Waals surface area contributed by atoms with Crippen LogP contribution < -0.4 is 0 Å². The van der Waals surface area contributed by atoms with Crippen molar-refractivity contribution in [3.8, 4) is 0 Å². The van der Waals surface area contributed by atoms with Crippen LogP contribution in [-0.2, 0) is 9.59 Å². The summed E-state index contributed by atoms with van der Waals surface area (Å²) in [6.07, 6.45) is 8.14. The van der Waals surface area contributed by atoms with E-state index in [1.54, 1.807) is 4.90 Å². The third-order valence-corrected chi connectivity index (χ3v) is 9.03. The Morgan fingerprint density at radius 3 is 2.60 bits per heavy atom. The molecule has 0 radical (unpaired) electrons. The smallest absolute Gasteiger partial charge is 0.316 e. The van der Waals surface area contributed by atoms with E-state index in [2.05, 4.69) is 20.8 Å². The second kappa shape index (κ2) is 5.47. The third kappa shape index (κ3) is 2.24. The first-order chi connectivity index (χ1) is 11.7. The minimum Gasteiger partial charge on any atom is -0.481 e. The number of carboxylic acids is 1. The molecule has 0 spiro atoms. The molecule has 4 nitrogen and oxygen atoms in total. The van der Waals surface area contributed by atoms with Crippen LogP contribution in [0.15, 0.2) is 0 Å². The molecule has 0 aromatic rings. The zero-order chi connectivity index (χ0) is 18.1. The zero-order valence-corrected chi connectivity index (χ0v) is 16.1. The number of aliphatic carboxylic acids is 1. The Hall–Kier alpha value is -1.06. The molecule has 1 heterocycles. The molecule has 3 saturated carbocycles. The number of hydrogen-bond donors (Lipinski definition) is 1. The second-order valence-corrected chi connectivity index (χ2v) is 10.2. The Balaban J connectivity index is 1.72. The summed E-state index contributed by atoms with van der Waals surface area (Å²) in [6, 6.07) is 0.206. The highest BCUT2D eigenvalue weighted by Crippen LogP contribution is 2.66. The van der Waals surface area contributed by atoms with Crippen molar-refractivity contribution in [2.75, 3.05) is 7.05 Å². The first-order valence-corrected chi connectivity index (χ1v) is 10.2. The first-order valence-electron chi connectivity index (χ1n) is 10.2. The van der Waals surface area contributed by atoms with E-state index in [1.165, 1.54) is 32.1 Å². The second-order valence-electron chi connectivity index (χ2n) is 10.2. The van der Waals surface area contributed by atoms with Gasteiger partial charge in [-0.25, -0.2) is 0 Å². The van der Waals surface area contributed by atoms with Crippen LogP contribution >= 0.6 is 0 Å². The van der Waals surface area contributed by atoms with Gasteiger partial charge in [0.2, 0.25) is 5.91 Å². The number of fused-ring (bicyclic) bond motifs is 5. The summed E-state index contributed by atoms with van der Waals surface area (Å²) in [5.41, 5.74) is 0.452. The lowest BCUT2D eigenvalue weighted by Gasteiger charge is -2.63. The molecule has 0 aromatic carbocycles. The molecule has 25 heavy (non-hydrogen) atoms. The standard InChI is InChI=1S/C21H33NO3/c1-12-10-16-21(3,11-13(19(24)25)18(23)22(16)4)15-7-9-20(2)8-5-6-14(20)17(12)15/h12-17H,5-11H2,1-4H3,(H,24,25)/t12?,13?,14-,15+,16?,17-,20-,21+/m0/s1. The van der Waals surface area contributed by atoms with E-state index in [1.807, 2.05) is 7.05 Å². The van der Waals surface area contributed by atoms with Crippen LogP contribution in [0.2, 0.25) is 0 Å². The molecule has 0 aromatic heterocycles. The van der Waals surface area contributed by atoms with Crippen LogP contribution in [0.25, 0.3) is 0 Å². The summed E-state index contributed by atoms with van der Waals surface area (Å²) in [5, 5.41) is 9.62. The van der Waals surface area contributed by atoms with E-state index >= 15 is 0 Å². The number of carboxylic acid groups (broad SMARTS) is 1. The van der Waals surface area contributed by atoms with E-state index in [9.17, 15) is 14.7 Å². The van der Waals surface area contributed by atoms with Gasteiger partial charge in [0.05, 0.1) is 0 Å². The minimum absolute atomic E-state index is 0.0488. The van der Waals surface area contributed by atoms with Crippen LogP contribution in [0.4, 0.5) is 0 Å². The highest BCUT2D eigenvalue weighted by Gasteiger charge is 2.62. The Morgan fingerprint density at radius 2 is 1.92 bits per heavy atom. The lowest BCUT2D eigenvalue weighted by Crippen LogP contribution is -2.65. The topological polar surface area (TPSA) is 57.6 Å². The normalized spacial score (nSPS) is 52.3. The average molecular weight is 347 g/mol. The van der Waals surface area contributed by atoms with Gasteiger partial charge in [0.1, 0.15) is 5.92 Å². The Bertz CT molecular complexity index is 604. The number of piperidine rings is 1. The molecule has 4 aliphatic rings. The quantitative estimate of drug-likeness (QED) is 0.734. The molecule has 1 amide bonds. The molecular formula is C21H33NO3. The molecule has 8 atom stereocenters. The summed E-state index contributed by atoms with van der Waals surface area (Å²) in [7, 11) is 1.84. The molecule has 140 valence electrons. The molecule has 0 bridgehead atoms. The van der Waals surface area contributed by atoms with Gasteiger partial charge < -0.3 is 10.0 Å². The molecule has 4 heteroatoms. The van der Waals surface area contributed by atoms with E-state index in [-0.39, 0.29) is 17.4 Å². The van der Waals surface area contributed by atoms with Crippen LogP contribution in [0.3, 0.4) is 0 Å². The van der Waals surface area contributed by atoms with Crippen molar-refractivity contribution < 1.29 is 14.7 Å². The van der Waals surface area contributed by atoms with E-state index in [4.69, 9.17) is 0 Å². The minimum atomic E-state index is -0.937. The molecule has 1 N–H and O–H groups in total. The molecule has 4 fully saturated rings. The van der Waals surface area contributed by atoms with Crippen molar-refractivity contribution in [3.63, 3.8) is 0 Å². The SMILES string of the molecule is CC1CC2N(C)C(=O)C(C(=O)O)C[C@]2(C)[C@@H]2CC[C@]3(C)CCC[C@H]3[C@H]12. The maximum Gasteiger partial charge on any atom is 0.316 e. The Kier molecular flexibility index (Phi) is 3.80. The summed E-state index contributed by atoms with van der Waals surface area (Å²) < 4.78 is 0. The molecule has 1 aliphatic heterocycles. The first kappa shape index (κ1) is 17.4. The van der Waals surface area contributed by atoms with Gasteiger partial charge in [-0.2, -0.15) is 0 Å². The zero-order valence-electron chi connectivity index (χ0n) is 16.1. The van der Waals surface area contributed by atoms with Crippen LogP contribution in [0.5, 0.6) is 0 Å². The fourth-order valence-corrected chi connectivity index (χ4v) is 7.78. The molecule has 1 saturated heterocycles. The summed E-state index contributed by atoms with van der Waals surface area (Å²) >= 11 is 0. The van der Waals surface area contributed by atoms with Crippen molar-refractivity contribution >= 4 is 11.9 Å². The summed E-state index contributed by atoms with van der Waals surface area (Å²) in [6.45, 7) is 7.19. The van der Waals surface area contributed by atoms with Gasteiger partial charge in [-0.05, 0) is 73.0 Å². The van der Waals surface area contributed by atoms with E-state index in [0.29, 0.717) is 29.6 Å². The van der Waals surface area contributed by atoms with Gasteiger partial charge in [-0.15, -0.1) is 0 Å². The number of carbonyl (C=O) groups is 2. The highest BCUT2D eigenvalue weighted by atomic mass is 16.4. The number of likely N-dealkylation sites (tertiary alicyclic amines) is 1. The average Bonchev–Trinajstić information content (AvgIpc) is 2.94. The van der Waals surface area contributed by atoms with E-state index < -0.39 is 11.9 Å². The molecule has 3 unspecified atom stereocenters. The number of amides is 1. The maximum atomic E-state index is 12.6. The molecular weight excluding hydrogens is 314 g/mol. The Morgan fingerprint density at radius 1 is 1.20 bits per heavy atom. The third-order valence-electron chi connectivity index (χ3n) is 9.03. The number of carbonyl (C=O) groups excluding carboxylic acids is 1. The molecule has 3 aliphatic carbocycles. The summed E-state index contributed by atoms with van der Waals surface area (Å²) in [4.78, 5) is 26.1. The van der Waals surface area contributed by atoms with E-state index in [0.717, 1.165) is 12.3 Å². The predicted octanol–water partition coefficient (Wildman–Crippen LogP) is 3.80. The fraction of sp³-hybridized carbons (Fsp3) is 0.905. The number of hydrogen-bond acceptors (Lipinski definition) is 2. The summed E-state index contributed by atoms with van der Waals surface area (Å²) in [5.74, 6) is 0.730. The Labute approximate surface area is 151 Å². The van der Waals surface area contributed by atoms with Gasteiger partial charge in [0, 0.05) is 13.1 Å². The van der Waals surface area contributed by atoms with Crippen molar-refractivity contribution in [2.24, 2.45) is 40.4 Å². The van der Waals surface area contributed by atoms with Gasteiger partial charge in [0.15, 0.2) is 0 Å². The molecule has 4 rings (SSSR count). The largest absolute Gasteiger partial charge is 0.481 e. The monoisotopic (exact) mass is 347 g/mol. The van der Waals surface area contributed by atoms with Crippen LogP contribution in [0, 0.1) is 40.4 Å².